The summed E-state index contributed by atoms with van der Waals surface area (Å²) in [5.74, 6) is -1.98. The number of hydrogen-bond donors (Lipinski definition) is 1. The van der Waals surface area contributed by atoms with E-state index in [0.717, 1.165) is 34.3 Å². The molecule has 2 fully saturated rings. The van der Waals surface area contributed by atoms with Gasteiger partial charge in [0, 0.05) is 16.0 Å². The van der Waals surface area contributed by atoms with Crippen LogP contribution in [0.3, 0.4) is 0 Å². The van der Waals surface area contributed by atoms with Crippen LogP contribution < -0.4 is 10.4 Å². The minimum Gasteiger partial charge on any atom is -0.469 e. The molecule has 4 aromatic rings. The first-order valence-electron chi connectivity index (χ1n) is 18.1. The van der Waals surface area contributed by atoms with Crippen molar-refractivity contribution in [1.29, 1.82) is 0 Å². The number of nitrogens with zero attached hydrogens (tertiary/aromatic N) is 1. The SMILES string of the molecule is COC(=O)C(CO)[C@@]1(C)CC(c2cccc(Cl)c2)[C@@H](c2ccc(Cl)cc2)N(C(CO[Si](c2ccccc2)(c2ccccc2)C(C)(C)C)C2CC2)C1=O. The number of aliphatic hydroxyl groups is 1. The number of methoxy groups -OCH3 is 1. The first-order chi connectivity index (χ1) is 24.9. The Labute approximate surface area is 319 Å². The van der Waals surface area contributed by atoms with E-state index in [2.05, 4.69) is 69.3 Å². The van der Waals surface area contributed by atoms with Gasteiger partial charge in [0.15, 0.2) is 0 Å². The molecule has 5 atom stereocenters. The van der Waals surface area contributed by atoms with Crippen LogP contribution in [0.1, 0.15) is 70.0 Å². The minimum absolute atomic E-state index is 0.185. The molecular weight excluding hydrogens is 709 g/mol. The van der Waals surface area contributed by atoms with E-state index in [1.807, 2.05) is 72.5 Å². The van der Waals surface area contributed by atoms with Crippen LogP contribution >= 0.6 is 23.2 Å². The molecule has 4 aromatic carbocycles. The zero-order chi connectivity index (χ0) is 37.3. The highest BCUT2D eigenvalue weighted by atomic mass is 35.5. The van der Waals surface area contributed by atoms with Gasteiger partial charge < -0.3 is 19.2 Å². The Morgan fingerprint density at radius 3 is 1.98 bits per heavy atom. The molecule has 1 saturated heterocycles. The molecule has 274 valence electrons. The Bertz CT molecular complexity index is 1810. The lowest BCUT2D eigenvalue weighted by Crippen LogP contribution is -2.68. The molecule has 0 aromatic heterocycles. The maximum absolute atomic E-state index is 15.5. The number of hydrogen-bond acceptors (Lipinski definition) is 5. The van der Waals surface area contributed by atoms with E-state index in [0.29, 0.717) is 23.1 Å². The number of carbonyl (C=O) groups is 2. The summed E-state index contributed by atoms with van der Waals surface area (Å²) in [4.78, 5) is 30.9. The summed E-state index contributed by atoms with van der Waals surface area (Å²) in [7, 11) is -1.69. The van der Waals surface area contributed by atoms with Crippen molar-refractivity contribution in [3.8, 4) is 0 Å². The summed E-state index contributed by atoms with van der Waals surface area (Å²) in [6.45, 7) is 8.34. The summed E-state index contributed by atoms with van der Waals surface area (Å²) < 4.78 is 12.8. The standard InChI is InChI=1S/C43H49Cl2NO5Si/c1-42(2,3)52(34-15-8-6-9-16-34,35-17-10-7-11-18-35)51-28-38(29-19-20-29)46-39(30-21-23-32(44)24-22-30)36(31-13-12-14-33(45)25-31)26-43(4,41(46)49)37(27-47)40(48)50-5/h6-18,21-25,29,36-39,47H,19-20,26-28H2,1-5H3/t36?,37?,38?,39-,43-/m1/s1. The summed E-state index contributed by atoms with van der Waals surface area (Å²) in [6, 6.07) is 35.7. The monoisotopic (exact) mass is 757 g/mol. The van der Waals surface area contributed by atoms with E-state index < -0.39 is 38.3 Å². The molecule has 0 spiro atoms. The lowest BCUT2D eigenvalue weighted by molar-refractivity contribution is -0.172. The molecule has 52 heavy (non-hydrogen) atoms. The number of halogens is 2. The first-order valence-corrected chi connectivity index (χ1v) is 20.8. The second-order valence-electron chi connectivity index (χ2n) is 15.6. The molecule has 1 saturated carbocycles. The summed E-state index contributed by atoms with van der Waals surface area (Å²) >= 11 is 13.1. The fourth-order valence-electron chi connectivity index (χ4n) is 8.58. The molecule has 2 aliphatic rings. The van der Waals surface area contributed by atoms with Crippen molar-refractivity contribution in [1.82, 2.24) is 4.90 Å². The number of piperidine rings is 1. The quantitative estimate of drug-likeness (QED) is 0.117. The average molecular weight is 759 g/mol. The zero-order valence-electron chi connectivity index (χ0n) is 30.6. The molecule has 1 N–H and O–H groups in total. The Kier molecular flexibility index (Phi) is 11.4. The van der Waals surface area contributed by atoms with Crippen LogP contribution in [0.5, 0.6) is 0 Å². The molecular formula is C43H49Cl2NO5Si. The fourth-order valence-corrected chi connectivity index (χ4v) is 13.5. The third-order valence-corrected chi connectivity index (χ3v) is 16.9. The highest BCUT2D eigenvalue weighted by Crippen LogP contribution is 2.55. The van der Waals surface area contributed by atoms with Gasteiger partial charge >= 0.3 is 5.97 Å². The predicted molar refractivity (Wildman–Crippen MR) is 211 cm³/mol. The molecule has 0 bridgehead atoms. The van der Waals surface area contributed by atoms with Crippen LogP contribution in [-0.4, -0.2) is 56.6 Å². The molecule has 0 radical (unpaired) electrons. The van der Waals surface area contributed by atoms with E-state index in [1.54, 1.807) is 0 Å². The molecule has 9 heteroatoms. The van der Waals surface area contributed by atoms with E-state index >= 15 is 4.79 Å². The number of likely N-dealkylation sites (tertiary alicyclic amines) is 1. The van der Waals surface area contributed by atoms with Crippen molar-refractivity contribution in [3.05, 3.63) is 130 Å². The van der Waals surface area contributed by atoms with Crippen LogP contribution in [-0.2, 0) is 18.8 Å². The van der Waals surface area contributed by atoms with Crippen LogP contribution in [0, 0.1) is 17.3 Å². The fraction of sp³-hybridized carbons (Fsp3) is 0.395. The third kappa shape index (κ3) is 7.23. The third-order valence-electron chi connectivity index (χ3n) is 11.4. The zero-order valence-corrected chi connectivity index (χ0v) is 33.1. The first kappa shape index (κ1) is 38.3. The molecule has 6 rings (SSSR count). The van der Waals surface area contributed by atoms with Gasteiger partial charge in [-0.15, -0.1) is 0 Å². The van der Waals surface area contributed by atoms with Gasteiger partial charge in [-0.25, -0.2) is 0 Å². The number of amides is 1. The van der Waals surface area contributed by atoms with Gasteiger partial charge in [0.2, 0.25) is 5.91 Å². The lowest BCUT2D eigenvalue weighted by atomic mass is 9.63. The van der Waals surface area contributed by atoms with Gasteiger partial charge in [0.1, 0.15) is 0 Å². The van der Waals surface area contributed by atoms with E-state index in [9.17, 15) is 9.90 Å². The Balaban J connectivity index is 1.55. The number of rotatable bonds is 12. The summed E-state index contributed by atoms with van der Waals surface area (Å²) in [5, 5.41) is 14.0. The number of aliphatic hydroxyl groups excluding tert-OH is 1. The molecule has 1 heterocycles. The van der Waals surface area contributed by atoms with Gasteiger partial charge in [0.25, 0.3) is 8.32 Å². The van der Waals surface area contributed by atoms with Crippen molar-refractivity contribution in [2.45, 2.75) is 70.0 Å². The van der Waals surface area contributed by atoms with Crippen molar-refractivity contribution in [2.75, 3.05) is 20.3 Å². The van der Waals surface area contributed by atoms with Gasteiger partial charge in [-0.2, -0.15) is 0 Å². The molecule has 1 amide bonds. The van der Waals surface area contributed by atoms with E-state index in [4.69, 9.17) is 32.4 Å². The highest BCUT2D eigenvalue weighted by molar-refractivity contribution is 6.99. The Morgan fingerprint density at radius 1 is 0.885 bits per heavy atom. The summed E-state index contributed by atoms with van der Waals surface area (Å²) in [5.41, 5.74) is 0.585. The van der Waals surface area contributed by atoms with Crippen molar-refractivity contribution in [2.24, 2.45) is 17.3 Å². The largest absolute Gasteiger partial charge is 0.469 e. The number of carbonyl (C=O) groups excluding carboxylic acids is 2. The molecule has 1 aliphatic carbocycles. The van der Waals surface area contributed by atoms with Crippen molar-refractivity contribution < 1.29 is 23.9 Å². The van der Waals surface area contributed by atoms with Gasteiger partial charge in [-0.05, 0) is 82.9 Å². The predicted octanol–water partition coefficient (Wildman–Crippen LogP) is 8.19. The van der Waals surface area contributed by atoms with Gasteiger partial charge in [-0.1, -0.05) is 129 Å². The maximum Gasteiger partial charge on any atom is 0.312 e. The summed E-state index contributed by atoms with van der Waals surface area (Å²) in [6.07, 6.45) is 2.19. The Morgan fingerprint density at radius 2 is 1.48 bits per heavy atom. The van der Waals surface area contributed by atoms with E-state index in [1.165, 1.54) is 7.11 Å². The minimum atomic E-state index is -2.99. The maximum atomic E-state index is 15.5. The van der Waals surface area contributed by atoms with Gasteiger partial charge in [-0.3, -0.25) is 9.59 Å². The molecule has 1 aliphatic heterocycles. The Hall–Kier alpha value is -3.46. The number of benzene rings is 4. The average Bonchev–Trinajstić information content (AvgIpc) is 3.98. The molecule has 6 nitrogen and oxygen atoms in total. The van der Waals surface area contributed by atoms with Gasteiger partial charge in [0.05, 0.1) is 43.7 Å². The van der Waals surface area contributed by atoms with E-state index in [-0.39, 0.29) is 28.8 Å². The molecule has 3 unspecified atom stereocenters. The normalized spacial score (nSPS) is 22.2. The van der Waals surface area contributed by atoms with Crippen molar-refractivity contribution in [3.63, 3.8) is 0 Å². The topological polar surface area (TPSA) is 76.1 Å². The van der Waals surface area contributed by atoms with Crippen LogP contribution in [0.2, 0.25) is 15.1 Å². The van der Waals surface area contributed by atoms with Crippen LogP contribution in [0.15, 0.2) is 109 Å². The van der Waals surface area contributed by atoms with Crippen molar-refractivity contribution >= 4 is 53.8 Å². The van der Waals surface area contributed by atoms with Crippen LogP contribution in [0.25, 0.3) is 0 Å². The number of esters is 1. The highest BCUT2D eigenvalue weighted by Gasteiger charge is 2.59. The lowest BCUT2D eigenvalue weighted by Gasteiger charge is -2.54. The smallest absolute Gasteiger partial charge is 0.312 e. The second kappa shape index (κ2) is 15.5. The number of ether oxygens (including phenoxy) is 1. The van der Waals surface area contributed by atoms with Crippen LogP contribution in [0.4, 0.5) is 0 Å². The second-order valence-corrected chi connectivity index (χ2v) is 20.8.